The lowest BCUT2D eigenvalue weighted by molar-refractivity contribution is 0.0588. The first kappa shape index (κ1) is 15.5. The van der Waals surface area contributed by atoms with Crippen LogP contribution in [0.3, 0.4) is 0 Å². The maximum Gasteiger partial charge on any atom is 0.0619 e. The maximum atomic E-state index is 5.88. The van der Waals surface area contributed by atoms with Crippen LogP contribution in [-0.4, -0.2) is 34.6 Å². The topological polar surface area (TPSA) is 39.1 Å². The number of aromatic nitrogens is 2. The third-order valence-electron chi connectivity index (χ3n) is 4.43. The Morgan fingerprint density at radius 1 is 1.50 bits per heavy atom. The van der Waals surface area contributed by atoms with Crippen molar-refractivity contribution in [3.05, 3.63) is 17.5 Å². The van der Waals surface area contributed by atoms with E-state index in [4.69, 9.17) is 4.74 Å². The molecule has 1 N–H and O–H groups in total. The Hall–Kier alpha value is -0.870. The van der Waals surface area contributed by atoms with Gasteiger partial charge in [-0.05, 0) is 53.5 Å². The highest BCUT2D eigenvalue weighted by atomic mass is 16.5. The Morgan fingerprint density at radius 3 is 2.65 bits per heavy atom. The minimum absolute atomic E-state index is 0.137. The highest BCUT2D eigenvalue weighted by molar-refractivity contribution is 5.13. The van der Waals surface area contributed by atoms with E-state index in [-0.39, 0.29) is 17.1 Å². The predicted octanol–water partition coefficient (Wildman–Crippen LogP) is 2.45. The number of ether oxygens (including phenoxy) is 1. The average Bonchev–Trinajstić information content (AvgIpc) is 2.81. The largest absolute Gasteiger partial charge is 0.378 e. The van der Waals surface area contributed by atoms with Gasteiger partial charge >= 0.3 is 0 Å². The molecule has 2 rings (SSSR count). The van der Waals surface area contributed by atoms with Crippen molar-refractivity contribution in [2.24, 2.45) is 12.5 Å². The summed E-state index contributed by atoms with van der Waals surface area (Å²) in [6.07, 6.45) is 2.42. The first-order chi connectivity index (χ1) is 9.22. The van der Waals surface area contributed by atoms with E-state index in [2.05, 4.69) is 51.1 Å². The summed E-state index contributed by atoms with van der Waals surface area (Å²) in [6.45, 7) is 12.8. The molecule has 0 saturated carbocycles. The molecule has 1 aromatic rings. The van der Waals surface area contributed by atoms with Crippen molar-refractivity contribution in [3.63, 3.8) is 0 Å². The maximum absolute atomic E-state index is 5.88. The van der Waals surface area contributed by atoms with Crippen molar-refractivity contribution in [2.75, 3.05) is 13.2 Å². The van der Waals surface area contributed by atoms with Crippen LogP contribution in [-0.2, 0) is 18.2 Å². The molecule has 20 heavy (non-hydrogen) atoms. The van der Waals surface area contributed by atoms with Gasteiger partial charge in [0.15, 0.2) is 0 Å². The van der Waals surface area contributed by atoms with Crippen LogP contribution >= 0.6 is 0 Å². The van der Waals surface area contributed by atoms with Crippen LogP contribution in [0.2, 0.25) is 0 Å². The van der Waals surface area contributed by atoms with Crippen molar-refractivity contribution in [3.8, 4) is 0 Å². The molecule has 2 unspecified atom stereocenters. The molecule has 0 spiro atoms. The van der Waals surface area contributed by atoms with Crippen LogP contribution in [0.5, 0.6) is 0 Å². The molecule has 114 valence electrons. The van der Waals surface area contributed by atoms with E-state index < -0.39 is 0 Å². The lowest BCUT2D eigenvalue weighted by Gasteiger charge is -2.35. The van der Waals surface area contributed by atoms with E-state index in [9.17, 15) is 0 Å². The number of aryl methyl sites for hydroxylation is 2. The highest BCUT2D eigenvalue weighted by Crippen LogP contribution is 2.38. The molecule has 4 heteroatoms. The van der Waals surface area contributed by atoms with Gasteiger partial charge in [-0.15, -0.1) is 0 Å². The van der Waals surface area contributed by atoms with E-state index in [0.717, 1.165) is 31.7 Å². The van der Waals surface area contributed by atoms with Crippen LogP contribution in [0.25, 0.3) is 0 Å². The lowest BCUT2D eigenvalue weighted by Crippen LogP contribution is -2.48. The van der Waals surface area contributed by atoms with Crippen molar-refractivity contribution in [1.29, 1.82) is 0 Å². The zero-order valence-electron chi connectivity index (χ0n) is 13.8. The number of nitrogens with zero attached hydrogens (tertiary/aromatic N) is 2. The molecule has 0 amide bonds. The molecule has 0 bridgehead atoms. The van der Waals surface area contributed by atoms with Gasteiger partial charge in [0.25, 0.3) is 0 Å². The summed E-state index contributed by atoms with van der Waals surface area (Å²) in [4.78, 5) is 0. The van der Waals surface area contributed by atoms with Crippen molar-refractivity contribution < 1.29 is 4.74 Å². The Balaban J connectivity index is 2.17. The van der Waals surface area contributed by atoms with Gasteiger partial charge in [0.2, 0.25) is 0 Å². The van der Waals surface area contributed by atoms with E-state index in [1.165, 1.54) is 5.69 Å². The van der Waals surface area contributed by atoms with Gasteiger partial charge in [-0.3, -0.25) is 4.68 Å². The summed E-state index contributed by atoms with van der Waals surface area (Å²) in [6, 6.07) is 2.20. The molecule has 2 heterocycles. The summed E-state index contributed by atoms with van der Waals surface area (Å²) in [5.74, 6) is 0. The fourth-order valence-electron chi connectivity index (χ4n) is 2.98. The zero-order valence-corrected chi connectivity index (χ0v) is 13.8. The number of rotatable bonds is 4. The third-order valence-corrected chi connectivity index (χ3v) is 4.43. The smallest absolute Gasteiger partial charge is 0.0619 e. The molecule has 0 aromatic carbocycles. The molecule has 1 aromatic heterocycles. The molecule has 0 radical (unpaired) electrons. The Kier molecular flexibility index (Phi) is 4.26. The van der Waals surface area contributed by atoms with Gasteiger partial charge < -0.3 is 10.1 Å². The van der Waals surface area contributed by atoms with Crippen LogP contribution in [0.4, 0.5) is 0 Å². The van der Waals surface area contributed by atoms with Crippen molar-refractivity contribution in [1.82, 2.24) is 15.1 Å². The molecule has 2 atom stereocenters. The van der Waals surface area contributed by atoms with Crippen molar-refractivity contribution >= 4 is 0 Å². The lowest BCUT2D eigenvalue weighted by atomic mass is 9.77. The van der Waals surface area contributed by atoms with Gasteiger partial charge in [0.1, 0.15) is 0 Å². The average molecular weight is 279 g/mol. The van der Waals surface area contributed by atoms with Crippen LogP contribution in [0.1, 0.15) is 45.5 Å². The summed E-state index contributed by atoms with van der Waals surface area (Å²) in [5.41, 5.74) is 2.70. The minimum atomic E-state index is 0.137. The first-order valence-corrected chi connectivity index (χ1v) is 7.58. The molecule has 1 aliphatic heterocycles. The van der Waals surface area contributed by atoms with Crippen LogP contribution < -0.4 is 5.32 Å². The Labute approximate surface area is 122 Å². The summed E-state index contributed by atoms with van der Waals surface area (Å²) in [5, 5.41) is 8.15. The molecule has 4 nitrogen and oxygen atoms in total. The fourth-order valence-corrected chi connectivity index (χ4v) is 2.98. The van der Waals surface area contributed by atoms with E-state index in [1.54, 1.807) is 0 Å². The van der Waals surface area contributed by atoms with Crippen LogP contribution in [0, 0.1) is 12.3 Å². The zero-order chi connectivity index (χ0) is 15.0. The monoisotopic (exact) mass is 279 g/mol. The van der Waals surface area contributed by atoms with E-state index in [1.807, 2.05) is 11.7 Å². The van der Waals surface area contributed by atoms with Gasteiger partial charge in [-0.1, -0.05) is 0 Å². The second-order valence-electron chi connectivity index (χ2n) is 7.31. The molecule has 1 aliphatic rings. The van der Waals surface area contributed by atoms with Crippen molar-refractivity contribution in [2.45, 2.75) is 59.1 Å². The number of hydrogen-bond donors (Lipinski definition) is 1. The standard InChI is InChI=1S/C16H29N3O/c1-12-9-14(19(6)18-12)10-16(7-8-20-13(16)2)11-17-15(3,4)5/h9,13,17H,7-8,10-11H2,1-6H3. The minimum Gasteiger partial charge on any atom is -0.378 e. The number of nitrogens with one attached hydrogen (secondary N) is 1. The second-order valence-corrected chi connectivity index (χ2v) is 7.31. The molecule has 0 aliphatic carbocycles. The third kappa shape index (κ3) is 3.41. The fraction of sp³-hybridized carbons (Fsp3) is 0.812. The van der Waals surface area contributed by atoms with E-state index >= 15 is 0 Å². The SMILES string of the molecule is Cc1cc(CC2(CNC(C)(C)C)CCOC2C)n(C)n1. The van der Waals surface area contributed by atoms with Gasteiger partial charge in [-0.25, -0.2) is 0 Å². The molecule has 1 saturated heterocycles. The highest BCUT2D eigenvalue weighted by Gasteiger charge is 2.42. The van der Waals surface area contributed by atoms with Gasteiger partial charge in [0.05, 0.1) is 11.8 Å². The second kappa shape index (κ2) is 5.49. The van der Waals surface area contributed by atoms with Crippen LogP contribution in [0.15, 0.2) is 6.07 Å². The summed E-state index contributed by atoms with van der Waals surface area (Å²) in [7, 11) is 2.04. The van der Waals surface area contributed by atoms with E-state index in [0.29, 0.717) is 0 Å². The molecular formula is C16H29N3O. The summed E-state index contributed by atoms with van der Waals surface area (Å²) >= 11 is 0. The Morgan fingerprint density at radius 2 is 2.20 bits per heavy atom. The first-order valence-electron chi connectivity index (χ1n) is 7.58. The molecule has 1 fully saturated rings. The van der Waals surface area contributed by atoms with Gasteiger partial charge in [0, 0.05) is 36.8 Å². The predicted molar refractivity (Wildman–Crippen MR) is 81.9 cm³/mol. The number of hydrogen-bond acceptors (Lipinski definition) is 3. The normalized spacial score (nSPS) is 27.2. The summed E-state index contributed by atoms with van der Waals surface area (Å²) < 4.78 is 7.90. The quantitative estimate of drug-likeness (QED) is 0.920. The molecular weight excluding hydrogens is 250 g/mol. The van der Waals surface area contributed by atoms with Gasteiger partial charge in [-0.2, -0.15) is 5.10 Å². The Bertz CT molecular complexity index is 461.